The maximum Gasteiger partial charge on any atom is 0.397 e. The van der Waals surface area contributed by atoms with Crippen molar-refractivity contribution in [3.8, 4) is 0 Å². The zero-order chi connectivity index (χ0) is 11.9. The summed E-state index contributed by atoms with van der Waals surface area (Å²) in [5, 5.41) is 9.54. The molecule has 0 saturated carbocycles. The Labute approximate surface area is 94.4 Å². The Bertz CT molecular complexity index is 316. The first-order chi connectivity index (χ1) is 6.68. The lowest BCUT2D eigenvalue weighted by Crippen LogP contribution is -2.52. The highest BCUT2D eigenvalue weighted by Gasteiger charge is 2.56. The summed E-state index contributed by atoms with van der Waals surface area (Å²) in [6.45, 7) is 2.96. The summed E-state index contributed by atoms with van der Waals surface area (Å²) in [7, 11) is 0. The van der Waals surface area contributed by atoms with E-state index in [4.69, 9.17) is 0 Å². The van der Waals surface area contributed by atoms with Crippen LogP contribution in [0.1, 0.15) is 26.7 Å². The van der Waals surface area contributed by atoms with Crippen molar-refractivity contribution in [2.75, 3.05) is 0 Å². The van der Waals surface area contributed by atoms with E-state index in [0.717, 1.165) is 0 Å². The molecule has 6 nitrogen and oxygen atoms in total. The zero-order valence-electron chi connectivity index (χ0n) is 8.32. The van der Waals surface area contributed by atoms with Gasteiger partial charge in [-0.15, -0.1) is 0 Å². The van der Waals surface area contributed by atoms with Gasteiger partial charge in [0.25, 0.3) is 0 Å². The minimum absolute atomic E-state index is 0.120. The van der Waals surface area contributed by atoms with Crippen LogP contribution >= 0.6 is 15.9 Å². The summed E-state index contributed by atoms with van der Waals surface area (Å²) in [5.74, 6) is -2.54. The number of hydrogen-bond acceptors (Lipinski definition) is 5. The molecule has 0 aromatic rings. The van der Waals surface area contributed by atoms with E-state index in [1.54, 1.807) is 0 Å². The number of carbonyl (C=O) groups excluding carboxylic acids is 3. The standard InChI is InChI=1S/C8H11BrNO5/c1-8(2,9)7(13)15-10(14)5(11)3-4-6(10)12/h14H,3-4H2,1-2H3/q+1. The second kappa shape index (κ2) is 3.66. The molecule has 1 aliphatic rings. The van der Waals surface area contributed by atoms with E-state index in [-0.39, 0.29) is 12.8 Å². The van der Waals surface area contributed by atoms with Crippen LogP contribution in [0.2, 0.25) is 0 Å². The van der Waals surface area contributed by atoms with Crippen molar-refractivity contribution >= 4 is 33.7 Å². The molecule has 0 radical (unpaired) electrons. The van der Waals surface area contributed by atoms with Crippen molar-refractivity contribution in [3.63, 3.8) is 0 Å². The largest absolute Gasteiger partial charge is 0.397 e. The maximum atomic E-state index is 11.4. The van der Waals surface area contributed by atoms with Crippen LogP contribution < -0.4 is 0 Å². The zero-order valence-corrected chi connectivity index (χ0v) is 9.91. The Morgan fingerprint density at radius 1 is 1.40 bits per heavy atom. The molecule has 1 N–H and O–H groups in total. The van der Waals surface area contributed by atoms with Crippen LogP contribution in [0.15, 0.2) is 0 Å². The fourth-order valence-electron chi connectivity index (χ4n) is 0.986. The minimum atomic E-state index is -1.87. The summed E-state index contributed by atoms with van der Waals surface area (Å²) in [5.41, 5.74) is 0. The number of alkyl halides is 1. The molecule has 0 aliphatic carbocycles. The second-order valence-electron chi connectivity index (χ2n) is 3.71. The number of carbonyl (C=O) groups is 3. The summed E-state index contributed by atoms with van der Waals surface area (Å²) in [4.78, 5) is 36.4. The van der Waals surface area contributed by atoms with Crippen molar-refractivity contribution < 1.29 is 29.2 Å². The highest BCUT2D eigenvalue weighted by atomic mass is 79.9. The van der Waals surface area contributed by atoms with Crippen LogP contribution in [0.25, 0.3) is 0 Å². The van der Waals surface area contributed by atoms with E-state index in [9.17, 15) is 19.6 Å². The van der Waals surface area contributed by atoms with Gasteiger partial charge in [-0.05, 0) is 13.8 Å². The molecular weight excluding hydrogens is 270 g/mol. The van der Waals surface area contributed by atoms with Crippen molar-refractivity contribution in [3.05, 3.63) is 0 Å². The van der Waals surface area contributed by atoms with Gasteiger partial charge in [0.2, 0.25) is 0 Å². The Hall–Kier alpha value is -0.790. The molecule has 0 aromatic heterocycles. The number of quaternary nitrogens is 1. The fourth-order valence-corrected chi connectivity index (χ4v) is 1.06. The van der Waals surface area contributed by atoms with Gasteiger partial charge < -0.3 is 0 Å². The van der Waals surface area contributed by atoms with Crippen molar-refractivity contribution in [2.24, 2.45) is 0 Å². The van der Waals surface area contributed by atoms with Gasteiger partial charge in [-0.2, -0.15) is 5.21 Å². The molecule has 0 spiro atoms. The predicted molar refractivity (Wildman–Crippen MR) is 50.4 cm³/mol. The Morgan fingerprint density at radius 3 is 2.13 bits per heavy atom. The van der Waals surface area contributed by atoms with Crippen molar-refractivity contribution in [1.29, 1.82) is 0 Å². The van der Waals surface area contributed by atoms with Gasteiger partial charge >= 0.3 is 17.8 Å². The van der Waals surface area contributed by atoms with Crippen molar-refractivity contribution in [2.45, 2.75) is 31.0 Å². The van der Waals surface area contributed by atoms with E-state index in [1.165, 1.54) is 13.8 Å². The quantitative estimate of drug-likeness (QED) is 0.348. The molecule has 0 bridgehead atoms. The normalized spacial score (nSPS) is 20.5. The molecular formula is C8H11BrNO5+. The van der Waals surface area contributed by atoms with Crippen LogP contribution in [0.3, 0.4) is 0 Å². The molecule has 1 aliphatic heterocycles. The molecule has 7 heteroatoms. The minimum Gasteiger partial charge on any atom is -0.244 e. The van der Waals surface area contributed by atoms with E-state index < -0.39 is 26.9 Å². The number of amides is 2. The first-order valence-corrected chi connectivity index (χ1v) is 5.09. The lowest BCUT2D eigenvalue weighted by Gasteiger charge is -2.20. The highest BCUT2D eigenvalue weighted by molar-refractivity contribution is 9.10. The van der Waals surface area contributed by atoms with Gasteiger partial charge in [-0.1, -0.05) is 15.9 Å². The van der Waals surface area contributed by atoms with Gasteiger partial charge in [0.1, 0.15) is 9.13 Å². The third kappa shape index (κ3) is 2.24. The predicted octanol–water partition coefficient (Wildman–Crippen LogP) is 0.671. The smallest absolute Gasteiger partial charge is 0.244 e. The molecule has 1 rings (SSSR count). The van der Waals surface area contributed by atoms with E-state index in [2.05, 4.69) is 20.8 Å². The molecule has 0 unspecified atom stereocenters. The SMILES string of the molecule is CC(C)(Br)C(=O)O[N+]1(O)C(=O)CCC1=O. The van der Waals surface area contributed by atoms with Crippen LogP contribution in [0, 0.1) is 0 Å². The summed E-state index contributed by atoms with van der Waals surface area (Å²) >= 11 is 3.00. The fraction of sp³-hybridized carbons (Fsp3) is 0.625. The average molecular weight is 281 g/mol. The first kappa shape index (κ1) is 12.3. The summed E-state index contributed by atoms with van der Waals surface area (Å²) in [6, 6.07) is 0. The monoisotopic (exact) mass is 280 g/mol. The van der Waals surface area contributed by atoms with Gasteiger partial charge in [0.05, 0.1) is 12.8 Å². The number of hydrogen-bond donors (Lipinski definition) is 1. The number of halogens is 1. The van der Waals surface area contributed by atoms with Crippen LogP contribution in [-0.2, 0) is 19.2 Å². The van der Waals surface area contributed by atoms with Crippen LogP contribution in [0.4, 0.5) is 0 Å². The number of hydroxylamine groups is 4. The third-order valence-corrected chi connectivity index (χ3v) is 2.25. The molecule has 0 atom stereocenters. The molecule has 84 valence electrons. The summed E-state index contributed by atoms with van der Waals surface area (Å²) < 4.78 is -1.07. The Balaban J connectivity index is 2.85. The third-order valence-electron chi connectivity index (χ3n) is 1.93. The molecule has 1 fully saturated rings. The van der Waals surface area contributed by atoms with Crippen molar-refractivity contribution in [1.82, 2.24) is 0 Å². The van der Waals surface area contributed by atoms with Gasteiger partial charge in [0.15, 0.2) is 0 Å². The van der Waals surface area contributed by atoms with Crippen LogP contribution in [-0.4, -0.2) is 32.1 Å². The number of nitrogens with zero attached hydrogens (tertiary/aromatic N) is 1. The van der Waals surface area contributed by atoms with E-state index in [1.807, 2.05) is 0 Å². The van der Waals surface area contributed by atoms with Gasteiger partial charge in [-0.3, -0.25) is 0 Å². The molecule has 0 aromatic carbocycles. The molecule has 2 amide bonds. The second-order valence-corrected chi connectivity index (χ2v) is 5.70. The molecule has 15 heavy (non-hydrogen) atoms. The van der Waals surface area contributed by atoms with Gasteiger partial charge in [0, 0.05) is 0 Å². The van der Waals surface area contributed by atoms with Gasteiger partial charge in [-0.25, -0.2) is 19.2 Å². The van der Waals surface area contributed by atoms with E-state index >= 15 is 0 Å². The number of rotatable bonds is 2. The lowest BCUT2D eigenvalue weighted by atomic mass is 10.2. The topological polar surface area (TPSA) is 80.7 Å². The summed E-state index contributed by atoms with van der Waals surface area (Å²) in [6.07, 6.45) is -0.239. The number of imide groups is 1. The molecule has 1 heterocycles. The Morgan fingerprint density at radius 2 is 1.80 bits per heavy atom. The average Bonchev–Trinajstić information content (AvgIpc) is 2.32. The lowest BCUT2D eigenvalue weighted by molar-refractivity contribution is -1.12. The molecule has 1 saturated heterocycles. The van der Waals surface area contributed by atoms with Crippen LogP contribution in [0.5, 0.6) is 0 Å². The van der Waals surface area contributed by atoms with E-state index in [0.29, 0.717) is 0 Å². The first-order valence-electron chi connectivity index (χ1n) is 4.29. The highest BCUT2D eigenvalue weighted by Crippen LogP contribution is 2.25. The maximum absolute atomic E-state index is 11.4. The Kier molecular flexibility index (Phi) is 2.99.